The number of para-hydroxylation sites is 1. The number of aliphatic hydroxyl groups excluding tert-OH is 1. The number of hydrogen-bond donors (Lipinski definition) is 1. The van der Waals surface area contributed by atoms with Crippen LogP contribution in [0.2, 0.25) is 0 Å². The summed E-state index contributed by atoms with van der Waals surface area (Å²) in [4.78, 5) is 18.6. The quantitative estimate of drug-likeness (QED) is 0.873. The van der Waals surface area contributed by atoms with E-state index in [9.17, 15) is 9.90 Å². The third-order valence-electron chi connectivity index (χ3n) is 5.26. The fourth-order valence-corrected chi connectivity index (χ4v) is 3.92. The van der Waals surface area contributed by atoms with Crippen LogP contribution in [0, 0.1) is 0 Å². The SMILES string of the molecule is COCC(=O)N1CCN(C2CCN(c3ccccc3)CC2)CC(O)C1. The maximum absolute atomic E-state index is 12.0. The fourth-order valence-electron chi connectivity index (χ4n) is 3.92. The van der Waals surface area contributed by atoms with Gasteiger partial charge in [0.25, 0.3) is 0 Å². The number of rotatable bonds is 4. The Balaban J connectivity index is 1.54. The molecule has 138 valence electrons. The molecule has 1 aromatic rings. The molecule has 1 unspecified atom stereocenters. The molecule has 2 saturated heterocycles. The number of carbonyl (C=O) groups is 1. The number of nitrogens with zero attached hydrogens (tertiary/aromatic N) is 3. The number of carbonyl (C=O) groups excluding carboxylic acids is 1. The fraction of sp³-hybridized carbons (Fsp3) is 0.632. The summed E-state index contributed by atoms with van der Waals surface area (Å²) >= 11 is 0. The number of β-amino-alcohol motifs (C(OH)–C–C–N with tert-alkyl or cyclic N) is 1. The van der Waals surface area contributed by atoms with Gasteiger partial charge in [-0.15, -0.1) is 0 Å². The number of amides is 1. The molecule has 1 atom stereocenters. The third-order valence-corrected chi connectivity index (χ3v) is 5.26. The normalized spacial score (nSPS) is 23.5. The van der Waals surface area contributed by atoms with Crippen LogP contribution in [-0.4, -0.2) is 85.9 Å². The summed E-state index contributed by atoms with van der Waals surface area (Å²) in [5.74, 6) is -0.0395. The second kappa shape index (κ2) is 8.65. The molecule has 2 heterocycles. The molecule has 2 aliphatic heterocycles. The number of methoxy groups -OCH3 is 1. The highest BCUT2D eigenvalue weighted by Gasteiger charge is 2.30. The number of hydrogen-bond acceptors (Lipinski definition) is 5. The van der Waals surface area contributed by atoms with Crippen LogP contribution in [0.4, 0.5) is 5.69 Å². The lowest BCUT2D eigenvalue weighted by Gasteiger charge is -2.39. The average Bonchev–Trinajstić information content (AvgIpc) is 2.84. The maximum atomic E-state index is 12.0. The molecular weight excluding hydrogens is 318 g/mol. The molecule has 0 aliphatic carbocycles. The first kappa shape index (κ1) is 18.2. The topological polar surface area (TPSA) is 56.2 Å². The van der Waals surface area contributed by atoms with Crippen LogP contribution < -0.4 is 4.90 Å². The number of aliphatic hydroxyl groups is 1. The van der Waals surface area contributed by atoms with E-state index in [1.807, 2.05) is 6.07 Å². The van der Waals surface area contributed by atoms with E-state index >= 15 is 0 Å². The molecule has 0 spiro atoms. The molecule has 0 aromatic heterocycles. The maximum Gasteiger partial charge on any atom is 0.248 e. The van der Waals surface area contributed by atoms with Gasteiger partial charge in [-0.25, -0.2) is 0 Å². The first-order chi connectivity index (χ1) is 12.2. The van der Waals surface area contributed by atoms with E-state index < -0.39 is 6.10 Å². The minimum atomic E-state index is -0.490. The lowest BCUT2D eigenvalue weighted by molar-refractivity contribution is -0.136. The van der Waals surface area contributed by atoms with Crippen molar-refractivity contribution in [3.05, 3.63) is 30.3 Å². The van der Waals surface area contributed by atoms with Crippen molar-refractivity contribution in [1.82, 2.24) is 9.80 Å². The summed E-state index contributed by atoms with van der Waals surface area (Å²) in [5, 5.41) is 10.3. The van der Waals surface area contributed by atoms with E-state index in [0.717, 1.165) is 32.5 Å². The molecule has 3 rings (SSSR count). The number of anilines is 1. The molecule has 2 aliphatic rings. The lowest BCUT2D eigenvalue weighted by Crippen LogP contribution is -2.47. The van der Waals surface area contributed by atoms with E-state index in [1.54, 1.807) is 4.90 Å². The van der Waals surface area contributed by atoms with Gasteiger partial charge in [0.1, 0.15) is 6.61 Å². The van der Waals surface area contributed by atoms with E-state index in [-0.39, 0.29) is 12.5 Å². The summed E-state index contributed by atoms with van der Waals surface area (Å²) < 4.78 is 4.94. The number of benzene rings is 1. The largest absolute Gasteiger partial charge is 0.390 e. The highest BCUT2D eigenvalue weighted by molar-refractivity contribution is 5.77. The van der Waals surface area contributed by atoms with Gasteiger partial charge >= 0.3 is 0 Å². The van der Waals surface area contributed by atoms with E-state index in [1.165, 1.54) is 12.8 Å². The zero-order chi connectivity index (χ0) is 17.6. The Labute approximate surface area is 150 Å². The van der Waals surface area contributed by atoms with Gasteiger partial charge in [-0.1, -0.05) is 18.2 Å². The lowest BCUT2D eigenvalue weighted by atomic mass is 10.0. The van der Waals surface area contributed by atoms with Crippen molar-refractivity contribution in [2.24, 2.45) is 0 Å². The number of ether oxygens (including phenoxy) is 1. The summed E-state index contributed by atoms with van der Waals surface area (Å²) in [6.07, 6.45) is 1.69. The summed E-state index contributed by atoms with van der Waals surface area (Å²) in [5.41, 5.74) is 1.29. The zero-order valence-electron chi connectivity index (χ0n) is 15.0. The van der Waals surface area contributed by atoms with Crippen LogP contribution in [0.1, 0.15) is 12.8 Å². The molecule has 0 saturated carbocycles. The Hall–Kier alpha value is -1.63. The zero-order valence-corrected chi connectivity index (χ0v) is 15.0. The minimum absolute atomic E-state index is 0.0395. The van der Waals surface area contributed by atoms with E-state index in [4.69, 9.17) is 4.74 Å². The summed E-state index contributed by atoms with van der Waals surface area (Å²) in [6, 6.07) is 11.0. The third kappa shape index (κ3) is 4.71. The Morgan fingerprint density at radius 2 is 1.84 bits per heavy atom. The van der Waals surface area contributed by atoms with Crippen LogP contribution >= 0.6 is 0 Å². The Bertz CT molecular complexity index is 546. The molecule has 2 fully saturated rings. The molecule has 1 aromatic carbocycles. The highest BCUT2D eigenvalue weighted by Crippen LogP contribution is 2.23. The van der Waals surface area contributed by atoms with Crippen LogP contribution in [-0.2, 0) is 9.53 Å². The Morgan fingerprint density at radius 1 is 1.12 bits per heavy atom. The van der Waals surface area contributed by atoms with Crippen LogP contribution in [0.25, 0.3) is 0 Å². The molecule has 6 heteroatoms. The van der Waals surface area contributed by atoms with Crippen LogP contribution in [0.3, 0.4) is 0 Å². The standard InChI is InChI=1S/C19H29N3O3/c1-25-15-19(24)22-12-11-21(13-18(23)14-22)17-7-9-20(10-8-17)16-5-3-2-4-6-16/h2-6,17-18,23H,7-15H2,1H3. The number of piperidine rings is 1. The molecule has 25 heavy (non-hydrogen) atoms. The molecule has 0 radical (unpaired) electrons. The van der Waals surface area contributed by atoms with Crippen molar-refractivity contribution in [2.75, 3.05) is 57.9 Å². The van der Waals surface area contributed by atoms with Gasteiger partial charge in [0.05, 0.1) is 6.10 Å². The average molecular weight is 347 g/mol. The van der Waals surface area contributed by atoms with Crippen LogP contribution in [0.5, 0.6) is 0 Å². The van der Waals surface area contributed by atoms with Crippen molar-refractivity contribution in [2.45, 2.75) is 25.0 Å². The molecule has 0 bridgehead atoms. The van der Waals surface area contributed by atoms with Gasteiger partial charge in [-0.2, -0.15) is 0 Å². The predicted octanol–water partition coefficient (Wildman–Crippen LogP) is 0.807. The predicted molar refractivity (Wildman–Crippen MR) is 97.7 cm³/mol. The van der Waals surface area contributed by atoms with Gasteiger partial charge in [0.2, 0.25) is 5.91 Å². The molecule has 1 N–H and O–H groups in total. The van der Waals surface area contributed by atoms with Gasteiger partial charge in [-0.05, 0) is 25.0 Å². The van der Waals surface area contributed by atoms with Gasteiger partial charge in [-0.3, -0.25) is 9.69 Å². The summed E-state index contributed by atoms with van der Waals surface area (Å²) in [6.45, 7) is 4.69. The second-order valence-corrected chi connectivity index (χ2v) is 6.98. The first-order valence-corrected chi connectivity index (χ1v) is 9.16. The van der Waals surface area contributed by atoms with Gasteiger partial charge in [0.15, 0.2) is 0 Å². The highest BCUT2D eigenvalue weighted by atomic mass is 16.5. The molecule has 6 nitrogen and oxygen atoms in total. The molecule has 1 amide bonds. The van der Waals surface area contributed by atoms with Gasteiger partial charge in [0, 0.05) is 58.1 Å². The Morgan fingerprint density at radius 3 is 2.52 bits per heavy atom. The monoisotopic (exact) mass is 347 g/mol. The first-order valence-electron chi connectivity index (χ1n) is 9.16. The van der Waals surface area contributed by atoms with Gasteiger partial charge < -0.3 is 19.6 Å². The van der Waals surface area contributed by atoms with Crippen molar-refractivity contribution in [3.8, 4) is 0 Å². The van der Waals surface area contributed by atoms with E-state index in [2.05, 4.69) is 34.1 Å². The van der Waals surface area contributed by atoms with Crippen molar-refractivity contribution < 1.29 is 14.6 Å². The van der Waals surface area contributed by atoms with Crippen LogP contribution in [0.15, 0.2) is 30.3 Å². The second-order valence-electron chi connectivity index (χ2n) is 6.98. The van der Waals surface area contributed by atoms with Crippen molar-refractivity contribution in [1.29, 1.82) is 0 Å². The molecular formula is C19H29N3O3. The smallest absolute Gasteiger partial charge is 0.248 e. The van der Waals surface area contributed by atoms with E-state index in [0.29, 0.717) is 25.7 Å². The minimum Gasteiger partial charge on any atom is -0.390 e. The van der Waals surface area contributed by atoms with Crippen molar-refractivity contribution in [3.63, 3.8) is 0 Å². The summed E-state index contributed by atoms with van der Waals surface area (Å²) in [7, 11) is 1.53. The van der Waals surface area contributed by atoms with Crippen molar-refractivity contribution >= 4 is 11.6 Å². The Kier molecular flexibility index (Phi) is 6.29.